The van der Waals surface area contributed by atoms with Gasteiger partial charge in [-0.15, -0.1) is 0 Å². The topological polar surface area (TPSA) is 99.8 Å². The van der Waals surface area contributed by atoms with Crippen molar-refractivity contribution >= 4 is 17.5 Å². The number of carbonyl (C=O) groups is 1. The van der Waals surface area contributed by atoms with E-state index in [1.807, 2.05) is 24.3 Å². The van der Waals surface area contributed by atoms with E-state index in [2.05, 4.69) is 38.4 Å². The molecular formula is C27H29N5O4. The lowest BCUT2D eigenvalue weighted by molar-refractivity contribution is 0.0564. The average molecular weight is 488 g/mol. The molecule has 1 aromatic heterocycles. The third-order valence-corrected chi connectivity index (χ3v) is 7.32. The Morgan fingerprint density at radius 1 is 1.00 bits per heavy atom. The van der Waals surface area contributed by atoms with Crippen molar-refractivity contribution in [1.82, 2.24) is 14.9 Å². The molecular weight excluding hydrogens is 458 g/mol. The molecule has 0 bridgehead atoms. The van der Waals surface area contributed by atoms with Gasteiger partial charge in [0.1, 0.15) is 17.2 Å². The van der Waals surface area contributed by atoms with Gasteiger partial charge < -0.3 is 29.6 Å². The summed E-state index contributed by atoms with van der Waals surface area (Å²) in [6, 6.07) is 14.3. The number of ether oxygens (including phenoxy) is 2. The second-order valence-corrected chi connectivity index (χ2v) is 9.65. The number of rotatable bonds is 3. The first-order valence-electron chi connectivity index (χ1n) is 12.4. The highest BCUT2D eigenvalue weighted by Gasteiger charge is 2.42. The highest BCUT2D eigenvalue weighted by molar-refractivity contribution is 5.89. The van der Waals surface area contributed by atoms with E-state index >= 15 is 0 Å². The molecule has 2 amide bonds. The van der Waals surface area contributed by atoms with E-state index in [0.29, 0.717) is 26.3 Å². The Kier molecular flexibility index (Phi) is 5.85. The number of urea groups is 1. The van der Waals surface area contributed by atoms with Crippen LogP contribution in [0.4, 0.5) is 16.3 Å². The maximum atomic E-state index is 12.4. The summed E-state index contributed by atoms with van der Waals surface area (Å²) in [6.07, 6.45) is 5.69. The molecule has 2 fully saturated rings. The Bertz CT molecular complexity index is 1290. The van der Waals surface area contributed by atoms with Crippen LogP contribution in [0.1, 0.15) is 18.4 Å². The van der Waals surface area contributed by atoms with E-state index in [4.69, 9.17) is 9.47 Å². The standard InChI is InChI=1S/C27H29N5O4/c33-25-18-28-24(17-29-25)31-9-7-27(8-10-31)16-21-15-20(3-6-23(21)36-27)19-1-4-22(5-2-19)30-26(34)32-11-13-35-14-12-32/h1-6,15,17-18H,7-14,16H2,(H,29,33)(H,30,34). The fraction of sp³-hybridized carbons (Fsp3) is 0.370. The van der Waals surface area contributed by atoms with Gasteiger partial charge in [-0.2, -0.15) is 0 Å². The zero-order chi connectivity index (χ0) is 24.5. The number of carbonyl (C=O) groups excluding carboxylic acids is 1. The summed E-state index contributed by atoms with van der Waals surface area (Å²) in [4.78, 5) is 34.7. The van der Waals surface area contributed by atoms with E-state index in [0.717, 1.165) is 60.7 Å². The third-order valence-electron chi connectivity index (χ3n) is 7.32. The molecule has 6 rings (SSSR count). The van der Waals surface area contributed by atoms with Gasteiger partial charge in [-0.1, -0.05) is 18.2 Å². The van der Waals surface area contributed by atoms with Crippen molar-refractivity contribution in [3.63, 3.8) is 0 Å². The molecule has 186 valence electrons. The number of fused-ring (bicyclic) bond motifs is 1. The van der Waals surface area contributed by atoms with Crippen LogP contribution in [0.25, 0.3) is 11.1 Å². The molecule has 3 aliphatic rings. The molecule has 0 aliphatic carbocycles. The summed E-state index contributed by atoms with van der Waals surface area (Å²) >= 11 is 0. The van der Waals surface area contributed by atoms with E-state index in [1.165, 1.54) is 11.8 Å². The summed E-state index contributed by atoms with van der Waals surface area (Å²) in [5, 5.41) is 2.97. The maximum absolute atomic E-state index is 12.4. The minimum absolute atomic E-state index is 0.0894. The van der Waals surface area contributed by atoms with Gasteiger partial charge in [0, 0.05) is 57.3 Å². The van der Waals surface area contributed by atoms with Gasteiger partial charge in [0.25, 0.3) is 5.56 Å². The second kappa shape index (κ2) is 9.31. The van der Waals surface area contributed by atoms with Crippen LogP contribution in [0.3, 0.4) is 0 Å². The molecule has 0 atom stereocenters. The molecule has 9 nitrogen and oxygen atoms in total. The Morgan fingerprint density at radius 2 is 1.75 bits per heavy atom. The average Bonchev–Trinajstić information content (AvgIpc) is 3.27. The number of aromatic amines is 1. The fourth-order valence-corrected chi connectivity index (χ4v) is 5.26. The van der Waals surface area contributed by atoms with Crippen molar-refractivity contribution in [2.75, 3.05) is 49.6 Å². The number of amides is 2. The van der Waals surface area contributed by atoms with Crippen LogP contribution in [-0.2, 0) is 11.2 Å². The van der Waals surface area contributed by atoms with Crippen LogP contribution in [0.5, 0.6) is 5.75 Å². The lowest BCUT2D eigenvalue weighted by Crippen LogP contribution is -2.47. The number of nitrogens with one attached hydrogen (secondary N) is 2. The number of benzene rings is 2. The van der Waals surface area contributed by atoms with Gasteiger partial charge in [0.2, 0.25) is 0 Å². The van der Waals surface area contributed by atoms with E-state index in [1.54, 1.807) is 11.1 Å². The van der Waals surface area contributed by atoms with Crippen molar-refractivity contribution < 1.29 is 14.3 Å². The predicted octanol–water partition coefficient (Wildman–Crippen LogP) is 3.28. The normalized spacial score (nSPS) is 18.6. The lowest BCUT2D eigenvalue weighted by atomic mass is 9.86. The molecule has 0 saturated carbocycles. The number of morpholine rings is 1. The van der Waals surface area contributed by atoms with E-state index in [-0.39, 0.29) is 17.2 Å². The highest BCUT2D eigenvalue weighted by atomic mass is 16.5. The summed E-state index contributed by atoms with van der Waals surface area (Å²) in [5.74, 6) is 1.76. The fourth-order valence-electron chi connectivity index (χ4n) is 5.26. The maximum Gasteiger partial charge on any atom is 0.321 e. The summed E-state index contributed by atoms with van der Waals surface area (Å²) in [7, 11) is 0. The number of piperidine rings is 1. The Morgan fingerprint density at radius 3 is 2.47 bits per heavy atom. The van der Waals surface area contributed by atoms with Crippen molar-refractivity contribution in [1.29, 1.82) is 0 Å². The largest absolute Gasteiger partial charge is 0.487 e. The molecule has 2 N–H and O–H groups in total. The molecule has 0 radical (unpaired) electrons. The van der Waals surface area contributed by atoms with Gasteiger partial charge >= 0.3 is 6.03 Å². The van der Waals surface area contributed by atoms with E-state index < -0.39 is 0 Å². The molecule has 3 aromatic rings. The monoisotopic (exact) mass is 487 g/mol. The molecule has 9 heteroatoms. The van der Waals surface area contributed by atoms with Crippen molar-refractivity contribution in [3.05, 3.63) is 70.8 Å². The molecule has 2 aromatic carbocycles. The zero-order valence-electron chi connectivity index (χ0n) is 20.0. The zero-order valence-corrected chi connectivity index (χ0v) is 20.0. The smallest absolute Gasteiger partial charge is 0.321 e. The van der Waals surface area contributed by atoms with Gasteiger partial charge in [-0.05, 0) is 41.0 Å². The van der Waals surface area contributed by atoms with E-state index in [9.17, 15) is 9.59 Å². The van der Waals surface area contributed by atoms with Crippen LogP contribution in [0.2, 0.25) is 0 Å². The first-order valence-corrected chi connectivity index (χ1v) is 12.4. The molecule has 0 unspecified atom stereocenters. The molecule has 4 heterocycles. The van der Waals surface area contributed by atoms with Crippen LogP contribution in [0, 0.1) is 0 Å². The summed E-state index contributed by atoms with van der Waals surface area (Å²) < 4.78 is 11.8. The van der Waals surface area contributed by atoms with Crippen LogP contribution in [-0.4, -0.2) is 65.9 Å². The van der Waals surface area contributed by atoms with Crippen molar-refractivity contribution in [2.24, 2.45) is 0 Å². The van der Waals surface area contributed by atoms with Gasteiger partial charge in [0.15, 0.2) is 0 Å². The highest BCUT2D eigenvalue weighted by Crippen LogP contribution is 2.43. The minimum atomic E-state index is -0.190. The van der Waals surface area contributed by atoms with Crippen LogP contribution in [0.15, 0.2) is 59.7 Å². The van der Waals surface area contributed by atoms with Crippen LogP contribution >= 0.6 is 0 Å². The van der Waals surface area contributed by atoms with Crippen molar-refractivity contribution in [2.45, 2.75) is 24.9 Å². The number of nitrogens with zero attached hydrogens (tertiary/aromatic N) is 3. The number of H-pyrrole nitrogens is 1. The molecule has 3 aliphatic heterocycles. The van der Waals surface area contributed by atoms with Gasteiger partial charge in [-0.3, -0.25) is 4.79 Å². The van der Waals surface area contributed by atoms with Crippen LogP contribution < -0.4 is 20.5 Å². The molecule has 1 spiro atoms. The first-order chi connectivity index (χ1) is 17.6. The SMILES string of the molecule is O=C(Nc1ccc(-c2ccc3c(c2)CC2(CCN(c4c[nH]c(=O)cn4)CC2)O3)cc1)N1CCOCC1. The van der Waals surface area contributed by atoms with Crippen molar-refractivity contribution in [3.8, 4) is 16.9 Å². The molecule has 36 heavy (non-hydrogen) atoms. The predicted molar refractivity (Wildman–Crippen MR) is 137 cm³/mol. The number of aromatic nitrogens is 2. The number of hydrogen-bond acceptors (Lipinski definition) is 6. The lowest BCUT2D eigenvalue weighted by Gasteiger charge is -2.39. The number of anilines is 2. The Labute approximate surface area is 209 Å². The third kappa shape index (κ3) is 4.54. The summed E-state index contributed by atoms with van der Waals surface area (Å²) in [5.41, 5.74) is 3.87. The minimum Gasteiger partial charge on any atom is -0.487 e. The first kappa shape index (κ1) is 22.6. The van der Waals surface area contributed by atoms with Gasteiger partial charge in [0.05, 0.1) is 19.4 Å². The van der Waals surface area contributed by atoms with Gasteiger partial charge in [-0.25, -0.2) is 9.78 Å². The number of hydrogen-bond donors (Lipinski definition) is 2. The summed E-state index contributed by atoms with van der Waals surface area (Å²) in [6.45, 7) is 4.06. The second-order valence-electron chi connectivity index (χ2n) is 9.65. The Hall–Kier alpha value is -3.85. The quantitative estimate of drug-likeness (QED) is 0.588. The molecule has 2 saturated heterocycles. The Balaban J connectivity index is 1.10.